The Hall–Kier alpha value is -1.30. The summed E-state index contributed by atoms with van der Waals surface area (Å²) in [6, 6.07) is 0. The van der Waals surface area contributed by atoms with Crippen LogP contribution in [0.5, 0.6) is 0 Å². The minimum atomic E-state index is -0.800. The molecule has 1 unspecified atom stereocenters. The second kappa shape index (κ2) is 6.23. The van der Waals surface area contributed by atoms with Crippen molar-refractivity contribution in [2.24, 2.45) is 16.3 Å². The Morgan fingerprint density at radius 2 is 2.16 bits per heavy atom. The first-order valence-corrected chi connectivity index (χ1v) is 7.07. The lowest BCUT2D eigenvalue weighted by atomic mass is 9.83. The summed E-state index contributed by atoms with van der Waals surface area (Å²) in [7, 11) is 0. The van der Waals surface area contributed by atoms with Crippen LogP contribution in [0.2, 0.25) is 0 Å². The van der Waals surface area contributed by atoms with Crippen LogP contribution in [0.15, 0.2) is 5.16 Å². The lowest BCUT2D eigenvalue weighted by Gasteiger charge is -2.26. The molecule has 0 bridgehead atoms. The van der Waals surface area contributed by atoms with Gasteiger partial charge in [-0.1, -0.05) is 18.0 Å². The monoisotopic (exact) mass is 269 g/mol. The highest BCUT2D eigenvalue weighted by Gasteiger charge is 2.45. The first-order valence-electron chi connectivity index (χ1n) is 7.07. The molecule has 0 spiro atoms. The van der Waals surface area contributed by atoms with E-state index >= 15 is 0 Å². The molecule has 0 aromatic heterocycles. The summed E-state index contributed by atoms with van der Waals surface area (Å²) in [4.78, 5) is 12.3. The van der Waals surface area contributed by atoms with Gasteiger partial charge in [-0.2, -0.15) is 0 Å². The third-order valence-corrected chi connectivity index (χ3v) is 4.27. The summed E-state index contributed by atoms with van der Waals surface area (Å²) >= 11 is 0. The fourth-order valence-corrected chi connectivity index (χ4v) is 3.06. The molecule has 1 saturated heterocycles. The van der Waals surface area contributed by atoms with Crippen molar-refractivity contribution in [1.29, 1.82) is 0 Å². The van der Waals surface area contributed by atoms with E-state index in [1.807, 2.05) is 0 Å². The van der Waals surface area contributed by atoms with Gasteiger partial charge in [-0.15, -0.1) is 0 Å². The average molecular weight is 269 g/mol. The minimum Gasteiger partial charge on any atom is -0.409 e. The summed E-state index contributed by atoms with van der Waals surface area (Å²) in [6.45, 7) is 1.41. The molecular weight excluding hydrogens is 246 g/mol. The van der Waals surface area contributed by atoms with Crippen molar-refractivity contribution in [2.45, 2.75) is 51.0 Å². The van der Waals surface area contributed by atoms with E-state index in [1.54, 1.807) is 0 Å². The Morgan fingerprint density at radius 3 is 2.74 bits per heavy atom. The van der Waals surface area contributed by atoms with E-state index in [0.29, 0.717) is 19.4 Å². The van der Waals surface area contributed by atoms with E-state index in [1.165, 1.54) is 0 Å². The van der Waals surface area contributed by atoms with Crippen molar-refractivity contribution in [2.75, 3.05) is 13.2 Å². The molecule has 19 heavy (non-hydrogen) atoms. The normalized spacial score (nSPS) is 26.5. The molecule has 0 aromatic carbocycles. The van der Waals surface area contributed by atoms with Gasteiger partial charge < -0.3 is 21.0 Å². The number of amidine groups is 1. The van der Waals surface area contributed by atoms with Crippen molar-refractivity contribution in [3.8, 4) is 0 Å². The molecule has 2 rings (SSSR count). The number of nitrogens with two attached hydrogens (primary N) is 1. The van der Waals surface area contributed by atoms with E-state index in [2.05, 4.69) is 10.5 Å². The molecule has 4 N–H and O–H groups in total. The second-order valence-corrected chi connectivity index (χ2v) is 5.45. The van der Waals surface area contributed by atoms with Gasteiger partial charge in [0.1, 0.15) is 5.41 Å². The summed E-state index contributed by atoms with van der Waals surface area (Å²) in [6.07, 6.45) is 6.48. The molecular formula is C13H23N3O3. The van der Waals surface area contributed by atoms with Crippen LogP contribution < -0.4 is 11.1 Å². The van der Waals surface area contributed by atoms with E-state index in [0.717, 1.165) is 38.7 Å². The van der Waals surface area contributed by atoms with Gasteiger partial charge in [0.15, 0.2) is 5.84 Å². The molecule has 2 aliphatic rings. The predicted octanol–water partition coefficient (Wildman–Crippen LogP) is 0.978. The number of carbonyl (C=O) groups excluding carboxylic acids is 1. The van der Waals surface area contributed by atoms with Crippen LogP contribution in [0.1, 0.15) is 44.9 Å². The number of amides is 1. The Balaban J connectivity index is 1.86. The van der Waals surface area contributed by atoms with Crippen molar-refractivity contribution < 1.29 is 14.7 Å². The van der Waals surface area contributed by atoms with Gasteiger partial charge >= 0.3 is 0 Å². The first kappa shape index (κ1) is 14.1. The zero-order valence-corrected chi connectivity index (χ0v) is 11.2. The molecule has 6 heteroatoms. The van der Waals surface area contributed by atoms with E-state index in [4.69, 9.17) is 15.7 Å². The Kier molecular flexibility index (Phi) is 4.63. The number of carbonyl (C=O) groups is 1. The molecule has 0 aromatic rings. The van der Waals surface area contributed by atoms with Crippen LogP contribution in [-0.2, 0) is 9.53 Å². The van der Waals surface area contributed by atoms with Crippen LogP contribution in [-0.4, -0.2) is 36.2 Å². The van der Waals surface area contributed by atoms with Gasteiger partial charge in [0.25, 0.3) is 0 Å². The van der Waals surface area contributed by atoms with Gasteiger partial charge in [-0.05, 0) is 32.1 Å². The molecule has 1 amide bonds. The quantitative estimate of drug-likeness (QED) is 0.300. The smallest absolute Gasteiger partial charge is 0.233 e. The largest absolute Gasteiger partial charge is 0.409 e. The van der Waals surface area contributed by atoms with E-state index in [9.17, 15) is 4.79 Å². The third-order valence-electron chi connectivity index (χ3n) is 4.27. The number of ether oxygens (including phenoxy) is 1. The van der Waals surface area contributed by atoms with Crippen molar-refractivity contribution in [3.05, 3.63) is 0 Å². The zero-order chi connectivity index (χ0) is 13.7. The maximum atomic E-state index is 12.3. The Morgan fingerprint density at radius 1 is 1.42 bits per heavy atom. The van der Waals surface area contributed by atoms with Gasteiger partial charge in [-0.25, -0.2) is 0 Å². The Labute approximate surface area is 113 Å². The molecule has 0 radical (unpaired) electrons. The van der Waals surface area contributed by atoms with Crippen LogP contribution in [0.3, 0.4) is 0 Å². The number of nitrogens with zero attached hydrogens (tertiary/aromatic N) is 1. The SMILES string of the molecule is NC(=NO)C1(C(=O)NCCC2CCCO2)CCCC1. The lowest BCUT2D eigenvalue weighted by Crippen LogP contribution is -2.48. The highest BCUT2D eigenvalue weighted by molar-refractivity contribution is 6.07. The molecule has 1 saturated carbocycles. The van der Waals surface area contributed by atoms with Crippen LogP contribution >= 0.6 is 0 Å². The van der Waals surface area contributed by atoms with Crippen LogP contribution in [0.25, 0.3) is 0 Å². The van der Waals surface area contributed by atoms with Gasteiger partial charge in [0.2, 0.25) is 5.91 Å². The van der Waals surface area contributed by atoms with E-state index in [-0.39, 0.29) is 17.8 Å². The highest BCUT2D eigenvalue weighted by atomic mass is 16.5. The van der Waals surface area contributed by atoms with Gasteiger partial charge in [0, 0.05) is 13.2 Å². The minimum absolute atomic E-state index is 0.0413. The highest BCUT2D eigenvalue weighted by Crippen LogP contribution is 2.38. The summed E-state index contributed by atoms with van der Waals surface area (Å²) in [5.74, 6) is -0.0714. The molecule has 6 nitrogen and oxygen atoms in total. The lowest BCUT2D eigenvalue weighted by molar-refractivity contribution is -0.127. The summed E-state index contributed by atoms with van der Waals surface area (Å²) in [5, 5.41) is 14.8. The molecule has 2 fully saturated rings. The summed E-state index contributed by atoms with van der Waals surface area (Å²) in [5.41, 5.74) is 4.92. The number of hydrogen-bond donors (Lipinski definition) is 3. The molecule has 1 aliphatic heterocycles. The number of hydrogen-bond acceptors (Lipinski definition) is 4. The molecule has 108 valence electrons. The predicted molar refractivity (Wildman–Crippen MR) is 70.9 cm³/mol. The topological polar surface area (TPSA) is 96.9 Å². The Bertz CT molecular complexity index is 345. The first-order chi connectivity index (χ1) is 9.19. The van der Waals surface area contributed by atoms with Crippen LogP contribution in [0, 0.1) is 5.41 Å². The molecule has 1 atom stereocenters. The molecule has 1 heterocycles. The third kappa shape index (κ3) is 3.00. The fourth-order valence-electron chi connectivity index (χ4n) is 3.06. The van der Waals surface area contributed by atoms with Crippen molar-refractivity contribution in [3.63, 3.8) is 0 Å². The van der Waals surface area contributed by atoms with Gasteiger partial charge in [-0.3, -0.25) is 4.79 Å². The zero-order valence-electron chi connectivity index (χ0n) is 11.2. The second-order valence-electron chi connectivity index (χ2n) is 5.45. The number of oxime groups is 1. The summed E-state index contributed by atoms with van der Waals surface area (Å²) < 4.78 is 5.51. The van der Waals surface area contributed by atoms with Crippen LogP contribution in [0.4, 0.5) is 0 Å². The van der Waals surface area contributed by atoms with Crippen molar-refractivity contribution in [1.82, 2.24) is 5.32 Å². The number of nitrogens with one attached hydrogen (secondary N) is 1. The number of rotatable bonds is 5. The average Bonchev–Trinajstić information content (AvgIpc) is 3.09. The standard InChI is InChI=1S/C13H23N3O3/c14-11(16-18)13(6-1-2-7-13)12(17)15-8-5-10-4-3-9-19-10/h10,18H,1-9H2,(H2,14,16)(H,15,17). The maximum Gasteiger partial charge on any atom is 0.233 e. The maximum absolute atomic E-state index is 12.3. The molecule has 1 aliphatic carbocycles. The van der Waals surface area contributed by atoms with Crippen molar-refractivity contribution >= 4 is 11.7 Å². The van der Waals surface area contributed by atoms with Gasteiger partial charge in [0.05, 0.1) is 6.10 Å². The fraction of sp³-hybridized carbons (Fsp3) is 0.846. The van der Waals surface area contributed by atoms with E-state index < -0.39 is 5.41 Å².